The van der Waals surface area contributed by atoms with E-state index in [0.29, 0.717) is 5.41 Å². The van der Waals surface area contributed by atoms with Crippen molar-refractivity contribution in [2.45, 2.75) is 33.2 Å². The van der Waals surface area contributed by atoms with Gasteiger partial charge in [0, 0.05) is 25.0 Å². The Hall–Kier alpha value is -0.840. The number of furan rings is 1. The Morgan fingerprint density at radius 2 is 2.05 bits per heavy atom. The maximum absolute atomic E-state index is 5.93. The van der Waals surface area contributed by atoms with Gasteiger partial charge in [0.2, 0.25) is 0 Å². The number of hydrogen-bond donors (Lipinski definition) is 0. The van der Waals surface area contributed by atoms with E-state index in [1.165, 1.54) is 25.9 Å². The Labute approximate surface area is 128 Å². The first-order valence-corrected chi connectivity index (χ1v) is 8.27. The molecule has 4 nitrogen and oxygen atoms in total. The molecule has 118 valence electrons. The zero-order valence-corrected chi connectivity index (χ0v) is 13.4. The summed E-state index contributed by atoms with van der Waals surface area (Å²) in [6.45, 7) is 12.7. The lowest BCUT2D eigenvalue weighted by Gasteiger charge is -2.43. The Kier molecular flexibility index (Phi) is 4.67. The highest BCUT2D eigenvalue weighted by molar-refractivity contribution is 5.06. The van der Waals surface area contributed by atoms with E-state index >= 15 is 0 Å². The van der Waals surface area contributed by atoms with Crippen LogP contribution in [0.1, 0.15) is 31.3 Å². The van der Waals surface area contributed by atoms with Crippen LogP contribution in [0, 0.1) is 12.3 Å². The Morgan fingerprint density at radius 1 is 1.19 bits per heavy atom. The van der Waals surface area contributed by atoms with E-state index < -0.39 is 0 Å². The zero-order valence-electron chi connectivity index (χ0n) is 13.4. The van der Waals surface area contributed by atoms with Crippen LogP contribution in [0.25, 0.3) is 0 Å². The molecule has 1 aromatic heterocycles. The molecule has 1 unspecified atom stereocenters. The molecule has 2 saturated heterocycles. The van der Waals surface area contributed by atoms with Gasteiger partial charge >= 0.3 is 0 Å². The molecule has 1 spiro atoms. The molecule has 4 heteroatoms. The van der Waals surface area contributed by atoms with Gasteiger partial charge in [0.1, 0.15) is 11.5 Å². The molecule has 0 aliphatic carbocycles. The number of hydrogen-bond acceptors (Lipinski definition) is 4. The minimum atomic E-state index is 0.312. The average Bonchev–Trinajstić information content (AvgIpc) is 2.77. The summed E-state index contributed by atoms with van der Waals surface area (Å²) in [4.78, 5) is 5.10. The summed E-state index contributed by atoms with van der Waals surface area (Å²) < 4.78 is 11.7. The summed E-state index contributed by atoms with van der Waals surface area (Å²) in [6.07, 6.45) is 2.55. The molecule has 3 heterocycles. The van der Waals surface area contributed by atoms with Gasteiger partial charge in [-0.1, -0.05) is 6.92 Å². The molecule has 0 N–H and O–H groups in total. The molecular formula is C17H28N2O2. The molecule has 0 aromatic carbocycles. The second kappa shape index (κ2) is 6.51. The van der Waals surface area contributed by atoms with Crippen molar-refractivity contribution in [2.24, 2.45) is 5.41 Å². The van der Waals surface area contributed by atoms with Gasteiger partial charge in [-0.2, -0.15) is 0 Å². The smallest absolute Gasteiger partial charge is 0.118 e. The van der Waals surface area contributed by atoms with Crippen LogP contribution in [0.2, 0.25) is 0 Å². The van der Waals surface area contributed by atoms with E-state index in [1.54, 1.807) is 0 Å². The first-order chi connectivity index (χ1) is 10.2. The standard InChI is InChI=1S/C17H28N2O2/c1-3-18-9-10-20-14-17(12-18)7-4-8-19(13-17)11-16-6-5-15(2)21-16/h5-6H,3-4,7-14H2,1-2H3. The molecular weight excluding hydrogens is 264 g/mol. The number of rotatable bonds is 3. The number of nitrogens with zero attached hydrogens (tertiary/aromatic N) is 2. The highest BCUT2D eigenvalue weighted by Gasteiger charge is 2.38. The zero-order chi connectivity index (χ0) is 14.7. The predicted molar refractivity (Wildman–Crippen MR) is 83.3 cm³/mol. The Balaban J connectivity index is 1.66. The van der Waals surface area contributed by atoms with Gasteiger partial charge in [-0.05, 0) is 45.0 Å². The SMILES string of the molecule is CCN1CCOCC2(CCCN(Cc3ccc(C)o3)C2)C1. The predicted octanol–water partition coefficient (Wildman–Crippen LogP) is 2.52. The van der Waals surface area contributed by atoms with Gasteiger partial charge in [0.05, 0.1) is 19.8 Å². The van der Waals surface area contributed by atoms with Crippen molar-refractivity contribution in [2.75, 3.05) is 45.9 Å². The van der Waals surface area contributed by atoms with Crippen LogP contribution >= 0.6 is 0 Å². The van der Waals surface area contributed by atoms with Gasteiger partial charge in [0.25, 0.3) is 0 Å². The fourth-order valence-corrected chi connectivity index (χ4v) is 3.83. The van der Waals surface area contributed by atoms with E-state index in [1.807, 2.05) is 6.92 Å². The summed E-state index contributed by atoms with van der Waals surface area (Å²) in [5, 5.41) is 0. The van der Waals surface area contributed by atoms with E-state index in [0.717, 1.165) is 50.9 Å². The maximum atomic E-state index is 5.93. The first-order valence-electron chi connectivity index (χ1n) is 8.27. The van der Waals surface area contributed by atoms with Gasteiger partial charge < -0.3 is 14.1 Å². The summed E-state index contributed by atoms with van der Waals surface area (Å²) in [6, 6.07) is 4.17. The summed E-state index contributed by atoms with van der Waals surface area (Å²) in [5.41, 5.74) is 0.312. The molecule has 2 aliphatic heterocycles. The number of likely N-dealkylation sites (N-methyl/N-ethyl adjacent to an activating group) is 1. The van der Waals surface area contributed by atoms with Gasteiger partial charge in [-0.25, -0.2) is 0 Å². The molecule has 1 atom stereocenters. The van der Waals surface area contributed by atoms with Crippen LogP contribution in [0.15, 0.2) is 16.5 Å². The van der Waals surface area contributed by atoms with Gasteiger partial charge in [-0.3, -0.25) is 4.90 Å². The lowest BCUT2D eigenvalue weighted by molar-refractivity contribution is 0.00142. The fourth-order valence-electron chi connectivity index (χ4n) is 3.83. The number of ether oxygens (including phenoxy) is 1. The molecule has 0 saturated carbocycles. The van der Waals surface area contributed by atoms with Crippen molar-refractivity contribution in [1.82, 2.24) is 9.80 Å². The minimum Gasteiger partial charge on any atom is -0.465 e. The van der Waals surface area contributed by atoms with Gasteiger partial charge in [-0.15, -0.1) is 0 Å². The lowest BCUT2D eigenvalue weighted by Crippen LogP contribution is -2.50. The van der Waals surface area contributed by atoms with Crippen molar-refractivity contribution in [3.63, 3.8) is 0 Å². The minimum absolute atomic E-state index is 0.312. The van der Waals surface area contributed by atoms with Crippen molar-refractivity contribution in [1.29, 1.82) is 0 Å². The third kappa shape index (κ3) is 3.68. The quantitative estimate of drug-likeness (QED) is 0.856. The third-order valence-electron chi connectivity index (χ3n) is 4.88. The lowest BCUT2D eigenvalue weighted by atomic mass is 9.80. The van der Waals surface area contributed by atoms with E-state index in [4.69, 9.17) is 9.15 Å². The summed E-state index contributed by atoms with van der Waals surface area (Å²) in [5.74, 6) is 2.10. The van der Waals surface area contributed by atoms with Crippen LogP contribution in [-0.2, 0) is 11.3 Å². The second-order valence-corrected chi connectivity index (χ2v) is 6.75. The molecule has 3 rings (SSSR count). The first kappa shape index (κ1) is 15.1. The van der Waals surface area contributed by atoms with E-state index in [-0.39, 0.29) is 0 Å². The number of aryl methyl sites for hydroxylation is 1. The van der Waals surface area contributed by atoms with Crippen molar-refractivity contribution in [3.05, 3.63) is 23.7 Å². The van der Waals surface area contributed by atoms with Crippen LogP contribution in [0.4, 0.5) is 0 Å². The van der Waals surface area contributed by atoms with Crippen molar-refractivity contribution in [3.8, 4) is 0 Å². The third-order valence-corrected chi connectivity index (χ3v) is 4.88. The van der Waals surface area contributed by atoms with E-state index in [2.05, 4.69) is 28.9 Å². The summed E-state index contributed by atoms with van der Waals surface area (Å²) in [7, 11) is 0. The van der Waals surface area contributed by atoms with Crippen molar-refractivity contribution >= 4 is 0 Å². The fraction of sp³-hybridized carbons (Fsp3) is 0.765. The molecule has 0 amide bonds. The number of likely N-dealkylation sites (tertiary alicyclic amines) is 1. The summed E-state index contributed by atoms with van der Waals surface area (Å²) >= 11 is 0. The average molecular weight is 292 g/mol. The molecule has 1 aromatic rings. The van der Waals surface area contributed by atoms with E-state index in [9.17, 15) is 0 Å². The molecule has 2 fully saturated rings. The van der Waals surface area contributed by atoms with Crippen molar-refractivity contribution < 1.29 is 9.15 Å². The molecule has 21 heavy (non-hydrogen) atoms. The monoisotopic (exact) mass is 292 g/mol. The Bertz CT molecular complexity index is 459. The Morgan fingerprint density at radius 3 is 2.81 bits per heavy atom. The normalized spacial score (nSPS) is 28.9. The topological polar surface area (TPSA) is 28.9 Å². The van der Waals surface area contributed by atoms with Crippen LogP contribution in [0.3, 0.4) is 0 Å². The largest absolute Gasteiger partial charge is 0.465 e. The molecule has 0 radical (unpaired) electrons. The van der Waals surface area contributed by atoms with Gasteiger partial charge in [0.15, 0.2) is 0 Å². The second-order valence-electron chi connectivity index (χ2n) is 6.75. The number of piperidine rings is 1. The van der Waals surface area contributed by atoms with Crippen LogP contribution in [-0.4, -0.2) is 55.7 Å². The maximum Gasteiger partial charge on any atom is 0.118 e. The van der Waals surface area contributed by atoms with Crippen LogP contribution in [0.5, 0.6) is 0 Å². The highest BCUT2D eigenvalue weighted by atomic mass is 16.5. The molecule has 0 bridgehead atoms. The van der Waals surface area contributed by atoms with Crippen LogP contribution < -0.4 is 0 Å². The molecule has 2 aliphatic rings. The highest BCUT2D eigenvalue weighted by Crippen LogP contribution is 2.33.